The van der Waals surface area contributed by atoms with Crippen LogP contribution in [0.2, 0.25) is 0 Å². The van der Waals surface area contributed by atoms with E-state index in [1.165, 1.54) is 11.8 Å². The molecule has 18 heavy (non-hydrogen) atoms. The van der Waals surface area contributed by atoms with Crippen molar-refractivity contribution in [3.63, 3.8) is 0 Å². The molecule has 0 amide bonds. The van der Waals surface area contributed by atoms with Crippen LogP contribution in [0.5, 0.6) is 0 Å². The molecule has 2 N–H and O–H groups in total. The van der Waals surface area contributed by atoms with Crippen LogP contribution in [-0.4, -0.2) is 9.97 Å². The molecule has 2 heterocycles. The van der Waals surface area contributed by atoms with Crippen molar-refractivity contribution >= 4 is 44.5 Å². The van der Waals surface area contributed by atoms with Crippen LogP contribution in [0.25, 0.3) is 11.1 Å². The Kier molecular flexibility index (Phi) is 2.97. The molecule has 2 aromatic heterocycles. The van der Waals surface area contributed by atoms with Gasteiger partial charge in [0.15, 0.2) is 5.58 Å². The average molecular weight is 322 g/mol. The Labute approximate surface area is 116 Å². The molecule has 90 valence electrons. The predicted molar refractivity (Wildman–Crippen MR) is 74.5 cm³/mol. The van der Waals surface area contributed by atoms with E-state index < -0.39 is 0 Å². The van der Waals surface area contributed by atoms with Gasteiger partial charge >= 0.3 is 0 Å². The quantitative estimate of drug-likeness (QED) is 0.729. The first-order chi connectivity index (χ1) is 8.72. The van der Waals surface area contributed by atoms with Gasteiger partial charge in [-0.25, -0.2) is 4.98 Å². The second-order valence-corrected chi connectivity index (χ2v) is 5.46. The minimum Gasteiger partial charge on any atom is -0.431 e. The molecule has 1 aromatic carbocycles. The van der Waals surface area contributed by atoms with Crippen LogP contribution in [0.1, 0.15) is 0 Å². The zero-order valence-electron chi connectivity index (χ0n) is 9.13. The Morgan fingerprint density at radius 2 is 2.17 bits per heavy atom. The molecule has 0 unspecified atom stereocenters. The summed E-state index contributed by atoms with van der Waals surface area (Å²) in [5.74, 6) is 0. The molecule has 0 saturated heterocycles. The first-order valence-corrected chi connectivity index (χ1v) is 6.77. The third kappa shape index (κ3) is 2.21. The fourth-order valence-electron chi connectivity index (χ4n) is 1.50. The van der Waals surface area contributed by atoms with E-state index in [9.17, 15) is 0 Å². The SMILES string of the molecule is Nc1ccc2nc(Sc3ccncc3Br)oc2c1. The van der Waals surface area contributed by atoms with Crippen molar-refractivity contribution in [2.75, 3.05) is 5.73 Å². The van der Waals surface area contributed by atoms with Crippen LogP contribution in [0.15, 0.2) is 55.7 Å². The van der Waals surface area contributed by atoms with E-state index in [1.54, 1.807) is 18.5 Å². The van der Waals surface area contributed by atoms with Gasteiger partial charge < -0.3 is 10.2 Å². The van der Waals surface area contributed by atoms with Gasteiger partial charge in [0.2, 0.25) is 0 Å². The lowest BCUT2D eigenvalue weighted by atomic mass is 10.3. The van der Waals surface area contributed by atoms with Crippen molar-refractivity contribution in [3.8, 4) is 0 Å². The van der Waals surface area contributed by atoms with Crippen LogP contribution in [0.4, 0.5) is 5.69 Å². The van der Waals surface area contributed by atoms with Crippen molar-refractivity contribution < 1.29 is 4.42 Å². The second kappa shape index (κ2) is 4.62. The highest BCUT2D eigenvalue weighted by Crippen LogP contribution is 2.34. The number of benzene rings is 1. The van der Waals surface area contributed by atoms with Crippen molar-refractivity contribution in [1.29, 1.82) is 0 Å². The normalized spacial score (nSPS) is 10.9. The number of hydrogen-bond acceptors (Lipinski definition) is 5. The summed E-state index contributed by atoms with van der Waals surface area (Å²) in [6.45, 7) is 0. The van der Waals surface area contributed by atoms with Crippen molar-refractivity contribution in [2.24, 2.45) is 0 Å². The van der Waals surface area contributed by atoms with Crippen LogP contribution in [0, 0.1) is 0 Å². The number of halogens is 1. The zero-order chi connectivity index (χ0) is 12.5. The number of fused-ring (bicyclic) bond motifs is 1. The molecule has 0 radical (unpaired) electrons. The zero-order valence-corrected chi connectivity index (χ0v) is 11.5. The molecule has 0 aliphatic carbocycles. The number of anilines is 1. The summed E-state index contributed by atoms with van der Waals surface area (Å²) >= 11 is 4.88. The molecule has 3 aromatic rings. The predicted octanol–water partition coefficient (Wildman–Crippen LogP) is 3.72. The lowest BCUT2D eigenvalue weighted by molar-refractivity contribution is 0.489. The number of nitrogen functional groups attached to an aromatic ring is 1. The maximum Gasteiger partial charge on any atom is 0.261 e. The smallest absolute Gasteiger partial charge is 0.261 e. The van der Waals surface area contributed by atoms with Gasteiger partial charge in [0.1, 0.15) is 5.52 Å². The highest BCUT2D eigenvalue weighted by Gasteiger charge is 2.09. The first kappa shape index (κ1) is 11.6. The maximum absolute atomic E-state index is 5.70. The van der Waals surface area contributed by atoms with Crippen molar-refractivity contribution in [2.45, 2.75) is 10.1 Å². The van der Waals surface area contributed by atoms with Crippen LogP contribution in [-0.2, 0) is 0 Å². The first-order valence-electron chi connectivity index (χ1n) is 5.16. The van der Waals surface area contributed by atoms with Gasteiger partial charge in [-0.2, -0.15) is 0 Å². The van der Waals surface area contributed by atoms with Crippen molar-refractivity contribution in [1.82, 2.24) is 9.97 Å². The largest absolute Gasteiger partial charge is 0.431 e. The number of nitrogens with two attached hydrogens (primary N) is 1. The standard InChI is InChI=1S/C12H8BrN3OS/c13-8-6-15-4-3-11(8)18-12-16-9-2-1-7(14)5-10(9)17-12/h1-6H,14H2. The summed E-state index contributed by atoms with van der Waals surface area (Å²) in [5, 5.41) is 0.586. The number of pyridine rings is 1. The molecular formula is C12H8BrN3OS. The van der Waals surface area contributed by atoms with E-state index in [0.717, 1.165) is 14.9 Å². The monoisotopic (exact) mass is 321 g/mol. The minimum absolute atomic E-state index is 0.586. The minimum atomic E-state index is 0.586. The number of oxazole rings is 1. The number of rotatable bonds is 2. The molecule has 0 aliphatic rings. The summed E-state index contributed by atoms with van der Waals surface area (Å²) in [7, 11) is 0. The van der Waals surface area contributed by atoms with Crippen LogP contribution in [0.3, 0.4) is 0 Å². The third-order valence-corrected chi connectivity index (χ3v) is 4.14. The van der Waals surface area contributed by atoms with Gasteiger partial charge in [-0.3, -0.25) is 4.98 Å². The molecule has 0 bridgehead atoms. The Morgan fingerprint density at radius 3 is 3.00 bits per heavy atom. The highest BCUT2D eigenvalue weighted by atomic mass is 79.9. The van der Waals surface area contributed by atoms with Crippen molar-refractivity contribution in [3.05, 3.63) is 41.1 Å². The summed E-state index contributed by atoms with van der Waals surface area (Å²) < 4.78 is 6.55. The fraction of sp³-hybridized carbons (Fsp3) is 0. The highest BCUT2D eigenvalue weighted by molar-refractivity contribution is 9.10. The van der Waals surface area contributed by atoms with Gasteiger partial charge in [-0.05, 0) is 45.9 Å². The number of hydrogen-bond donors (Lipinski definition) is 1. The summed E-state index contributed by atoms with van der Waals surface area (Å²) in [6.07, 6.45) is 3.47. The Morgan fingerprint density at radius 1 is 1.28 bits per heavy atom. The molecule has 6 heteroatoms. The molecule has 3 rings (SSSR count). The molecule has 0 spiro atoms. The number of aromatic nitrogens is 2. The van der Waals surface area contributed by atoms with Gasteiger partial charge in [0.25, 0.3) is 5.22 Å². The van der Waals surface area contributed by atoms with Gasteiger partial charge in [0, 0.05) is 33.5 Å². The van der Waals surface area contributed by atoms with E-state index in [2.05, 4.69) is 25.9 Å². The summed E-state index contributed by atoms with van der Waals surface area (Å²) in [4.78, 5) is 9.41. The van der Waals surface area contributed by atoms with Crippen LogP contribution >= 0.6 is 27.7 Å². The van der Waals surface area contributed by atoms with Gasteiger partial charge in [0.05, 0.1) is 0 Å². The van der Waals surface area contributed by atoms with Gasteiger partial charge in [-0.1, -0.05) is 0 Å². The van der Waals surface area contributed by atoms with E-state index in [-0.39, 0.29) is 0 Å². The van der Waals surface area contributed by atoms with E-state index in [4.69, 9.17) is 10.2 Å². The summed E-state index contributed by atoms with van der Waals surface area (Å²) in [6, 6.07) is 7.33. The third-order valence-electron chi connectivity index (χ3n) is 2.33. The molecular weight excluding hydrogens is 314 g/mol. The topological polar surface area (TPSA) is 64.9 Å². The van der Waals surface area contributed by atoms with Crippen LogP contribution < -0.4 is 5.73 Å². The van der Waals surface area contributed by atoms with Gasteiger partial charge in [-0.15, -0.1) is 0 Å². The Hall–Kier alpha value is -1.53. The molecule has 0 atom stereocenters. The van der Waals surface area contributed by atoms with E-state index in [1.807, 2.05) is 18.2 Å². The fourth-order valence-corrected chi connectivity index (χ4v) is 2.74. The average Bonchev–Trinajstić information content (AvgIpc) is 2.73. The second-order valence-electron chi connectivity index (χ2n) is 3.62. The Balaban J connectivity index is 1.98. The molecule has 4 nitrogen and oxygen atoms in total. The molecule has 0 aliphatic heterocycles. The summed E-state index contributed by atoms with van der Waals surface area (Å²) in [5.41, 5.74) is 7.87. The van der Waals surface area contributed by atoms with E-state index in [0.29, 0.717) is 16.5 Å². The number of nitrogens with zero attached hydrogens (tertiary/aromatic N) is 2. The lowest BCUT2D eigenvalue weighted by Gasteiger charge is -1.98. The molecule has 0 fully saturated rings. The maximum atomic E-state index is 5.70. The lowest BCUT2D eigenvalue weighted by Crippen LogP contribution is -1.81. The van der Waals surface area contributed by atoms with E-state index >= 15 is 0 Å². The molecule has 0 saturated carbocycles. The Bertz CT molecular complexity index is 713.